The maximum atomic E-state index is 15.8. The lowest BCUT2D eigenvalue weighted by Gasteiger charge is -2.36. The van der Waals surface area contributed by atoms with Crippen LogP contribution in [0.15, 0.2) is 42.5 Å². The van der Waals surface area contributed by atoms with Crippen LogP contribution >= 0.6 is 0 Å². The van der Waals surface area contributed by atoms with Crippen LogP contribution < -0.4 is 14.4 Å². The second-order valence-corrected chi connectivity index (χ2v) is 11.8. The fourth-order valence-corrected chi connectivity index (χ4v) is 5.21. The molecule has 0 bridgehead atoms. The van der Waals surface area contributed by atoms with E-state index in [1.54, 1.807) is 33.9 Å². The molecule has 0 aliphatic carbocycles. The van der Waals surface area contributed by atoms with Gasteiger partial charge in [-0.15, -0.1) is 0 Å². The molecule has 0 N–H and O–H groups in total. The van der Waals surface area contributed by atoms with Crippen LogP contribution in [0.3, 0.4) is 0 Å². The van der Waals surface area contributed by atoms with Crippen molar-refractivity contribution in [2.24, 2.45) is 0 Å². The molecule has 2 heterocycles. The van der Waals surface area contributed by atoms with Gasteiger partial charge in [0.05, 0.1) is 20.3 Å². The third-order valence-corrected chi connectivity index (χ3v) is 7.42. The van der Waals surface area contributed by atoms with E-state index in [9.17, 15) is 9.59 Å². The van der Waals surface area contributed by atoms with Gasteiger partial charge >= 0.3 is 12.1 Å². The molecule has 42 heavy (non-hydrogen) atoms. The molecule has 3 amide bonds. The number of benzene rings is 2. The van der Waals surface area contributed by atoms with Crippen LogP contribution in [0.1, 0.15) is 70.9 Å². The second kappa shape index (κ2) is 13.9. The smallest absolute Gasteiger partial charge is 0.410 e. The predicted molar refractivity (Wildman–Crippen MR) is 163 cm³/mol. The number of carbonyl (C=O) groups excluding carboxylic acids is 2. The summed E-state index contributed by atoms with van der Waals surface area (Å²) in [4.78, 5) is 31.1. The van der Waals surface area contributed by atoms with Gasteiger partial charge in [0.15, 0.2) is 11.5 Å². The van der Waals surface area contributed by atoms with Crippen molar-refractivity contribution in [3.63, 3.8) is 0 Å². The van der Waals surface area contributed by atoms with E-state index in [4.69, 9.17) is 14.2 Å². The molecule has 2 aromatic rings. The third-order valence-electron chi connectivity index (χ3n) is 7.42. The van der Waals surface area contributed by atoms with Gasteiger partial charge in [0.2, 0.25) is 0 Å². The number of rotatable bonds is 10. The predicted octanol–water partition coefficient (Wildman–Crippen LogP) is 7.26. The van der Waals surface area contributed by atoms with Crippen molar-refractivity contribution in [1.29, 1.82) is 0 Å². The van der Waals surface area contributed by atoms with E-state index in [0.717, 1.165) is 36.9 Å². The van der Waals surface area contributed by atoms with Gasteiger partial charge in [-0.25, -0.2) is 14.0 Å². The lowest BCUT2D eigenvalue weighted by atomic mass is 9.97. The van der Waals surface area contributed by atoms with Gasteiger partial charge in [-0.3, -0.25) is 4.90 Å². The number of urea groups is 1. The van der Waals surface area contributed by atoms with Gasteiger partial charge in [-0.05, 0) is 57.7 Å². The summed E-state index contributed by atoms with van der Waals surface area (Å²) in [5.74, 6) is 0.911. The highest BCUT2D eigenvalue weighted by atomic mass is 19.1. The minimum Gasteiger partial charge on any atom is -0.493 e. The van der Waals surface area contributed by atoms with Gasteiger partial charge in [0.25, 0.3) is 0 Å². The van der Waals surface area contributed by atoms with Crippen LogP contribution in [-0.4, -0.2) is 67.4 Å². The average Bonchev–Trinajstić information content (AvgIpc) is 2.96. The summed E-state index contributed by atoms with van der Waals surface area (Å²) in [5.41, 5.74) is 1.99. The highest BCUT2D eigenvalue weighted by Gasteiger charge is 2.29. The fraction of sp³-hybridized carbons (Fsp3) is 0.515. The molecule has 8 nitrogen and oxygen atoms in total. The molecule has 1 fully saturated rings. The third kappa shape index (κ3) is 7.75. The Labute approximate surface area is 249 Å². The second-order valence-electron chi connectivity index (χ2n) is 11.8. The lowest BCUT2D eigenvalue weighted by molar-refractivity contribution is 0.0270. The van der Waals surface area contributed by atoms with Crippen molar-refractivity contribution in [1.82, 2.24) is 9.80 Å². The van der Waals surface area contributed by atoms with Gasteiger partial charge < -0.3 is 24.0 Å². The lowest BCUT2D eigenvalue weighted by Crippen LogP contribution is -2.49. The minimum atomic E-state index is -0.569. The normalized spacial score (nSPS) is 15.9. The average molecular weight is 582 g/mol. The summed E-state index contributed by atoms with van der Waals surface area (Å²) in [5, 5.41) is 0. The Balaban J connectivity index is 1.45. The molecule has 228 valence electrons. The molecule has 0 aromatic heterocycles. The van der Waals surface area contributed by atoms with Crippen LogP contribution in [0.5, 0.6) is 11.5 Å². The Hall–Kier alpha value is -3.75. The Morgan fingerprint density at radius 2 is 1.86 bits per heavy atom. The molecule has 2 aliphatic heterocycles. The molecule has 0 atom stereocenters. The standard InChI is InChI=1S/C33H44FN3O5/c1-6-7-8-21-41-29-22-26(13-14-28(29)40-5)37-18-10-17-36(31(37)38)23-25-11-9-12-27(30(25)34)24-15-19-35(20-16-24)32(39)42-33(2,3)4/h9,11-15,22H,6-8,10,16-21,23H2,1-5H3. The van der Waals surface area contributed by atoms with Crippen LogP contribution in [0, 0.1) is 5.82 Å². The van der Waals surface area contributed by atoms with Gasteiger partial charge in [0.1, 0.15) is 11.4 Å². The van der Waals surface area contributed by atoms with Gasteiger partial charge in [-0.2, -0.15) is 0 Å². The Bertz CT molecular complexity index is 1290. The molecule has 2 aromatic carbocycles. The number of anilines is 1. The summed E-state index contributed by atoms with van der Waals surface area (Å²) >= 11 is 0. The first-order valence-electron chi connectivity index (χ1n) is 14.9. The molecule has 9 heteroatoms. The zero-order valence-electron chi connectivity index (χ0n) is 25.6. The van der Waals surface area contributed by atoms with Crippen LogP contribution in [0.4, 0.5) is 19.7 Å². The number of hydrogen-bond donors (Lipinski definition) is 0. The van der Waals surface area contributed by atoms with Crippen molar-refractivity contribution in [3.8, 4) is 11.5 Å². The topological polar surface area (TPSA) is 71.5 Å². The van der Waals surface area contributed by atoms with Crippen molar-refractivity contribution in [2.45, 2.75) is 71.9 Å². The van der Waals surface area contributed by atoms with E-state index in [-0.39, 0.29) is 24.5 Å². The molecule has 0 unspecified atom stereocenters. The first-order chi connectivity index (χ1) is 20.1. The van der Waals surface area contributed by atoms with E-state index < -0.39 is 5.60 Å². The minimum absolute atomic E-state index is 0.168. The molecule has 0 radical (unpaired) electrons. The largest absolute Gasteiger partial charge is 0.493 e. The van der Waals surface area contributed by atoms with Gasteiger partial charge in [-0.1, -0.05) is 44.0 Å². The van der Waals surface area contributed by atoms with Crippen LogP contribution in [0.25, 0.3) is 5.57 Å². The number of methoxy groups -OCH3 is 1. The first-order valence-corrected chi connectivity index (χ1v) is 14.9. The Morgan fingerprint density at radius 1 is 1.05 bits per heavy atom. The SMILES string of the molecule is CCCCCOc1cc(N2CCCN(Cc3cccc(C4=CCN(C(=O)OC(C)(C)C)CC4)c3F)C2=O)ccc1OC. The van der Waals surface area contributed by atoms with E-state index in [0.29, 0.717) is 61.8 Å². The van der Waals surface area contributed by atoms with Crippen molar-refractivity contribution in [2.75, 3.05) is 44.8 Å². The van der Waals surface area contributed by atoms with E-state index in [1.165, 1.54) is 0 Å². The summed E-state index contributed by atoms with van der Waals surface area (Å²) in [6, 6.07) is 10.7. The molecular weight excluding hydrogens is 537 g/mol. The summed E-state index contributed by atoms with van der Waals surface area (Å²) in [6.07, 6.45) is 5.94. The fourth-order valence-electron chi connectivity index (χ4n) is 5.21. The van der Waals surface area contributed by atoms with Crippen molar-refractivity contribution >= 4 is 23.4 Å². The van der Waals surface area contributed by atoms with Crippen molar-refractivity contribution < 1.29 is 28.2 Å². The molecule has 0 saturated carbocycles. The number of halogens is 1. The molecular formula is C33H44FN3O5. The summed E-state index contributed by atoms with van der Waals surface area (Å²) in [6.45, 7) is 10.3. The molecule has 4 rings (SSSR count). The van der Waals surface area contributed by atoms with Crippen LogP contribution in [-0.2, 0) is 11.3 Å². The van der Waals surface area contributed by atoms with Crippen molar-refractivity contribution in [3.05, 3.63) is 59.4 Å². The number of amides is 3. The summed E-state index contributed by atoms with van der Waals surface area (Å²) in [7, 11) is 1.60. The maximum Gasteiger partial charge on any atom is 0.410 e. The highest BCUT2D eigenvalue weighted by molar-refractivity contribution is 5.93. The zero-order chi connectivity index (χ0) is 30.3. The molecule has 2 aliphatic rings. The Kier molecular flexibility index (Phi) is 10.4. The number of ether oxygens (including phenoxy) is 3. The highest BCUT2D eigenvalue weighted by Crippen LogP contribution is 2.34. The number of unbranched alkanes of at least 4 members (excludes halogenated alkanes) is 2. The molecule has 1 saturated heterocycles. The maximum absolute atomic E-state index is 15.8. The van der Waals surface area contributed by atoms with E-state index >= 15 is 4.39 Å². The number of carbonyl (C=O) groups is 2. The quantitative estimate of drug-likeness (QED) is 0.276. The molecule has 0 spiro atoms. The number of nitrogens with zero attached hydrogens (tertiary/aromatic N) is 3. The van der Waals surface area contributed by atoms with Gasteiger partial charge in [0, 0.05) is 49.1 Å². The first kappa shape index (κ1) is 31.2. The summed E-state index contributed by atoms with van der Waals surface area (Å²) < 4.78 is 32.7. The Morgan fingerprint density at radius 3 is 2.55 bits per heavy atom. The number of hydrogen-bond acceptors (Lipinski definition) is 5. The monoisotopic (exact) mass is 581 g/mol. The zero-order valence-corrected chi connectivity index (χ0v) is 25.6. The van der Waals surface area contributed by atoms with E-state index in [2.05, 4.69) is 6.92 Å². The van der Waals surface area contributed by atoms with Crippen LogP contribution in [0.2, 0.25) is 0 Å². The van der Waals surface area contributed by atoms with E-state index in [1.807, 2.05) is 51.1 Å².